The molecule has 1 heterocycles. The van der Waals surface area contributed by atoms with Crippen molar-refractivity contribution >= 4 is 21.6 Å². The Balaban J connectivity index is 2.12. The van der Waals surface area contributed by atoms with Gasteiger partial charge in [-0.3, -0.25) is 15.0 Å². The maximum Gasteiger partial charge on any atom is 0.318 e. The Morgan fingerprint density at radius 3 is 2.77 bits per heavy atom. The van der Waals surface area contributed by atoms with E-state index in [-0.39, 0.29) is 17.2 Å². The summed E-state index contributed by atoms with van der Waals surface area (Å²) >= 11 is 3.21. The molecule has 2 rings (SSSR count). The number of ether oxygens (including phenoxy) is 2. The topological polar surface area (TPSA) is 85.1 Å². The zero-order chi connectivity index (χ0) is 16.1. The van der Waals surface area contributed by atoms with E-state index in [0.29, 0.717) is 16.5 Å². The highest BCUT2D eigenvalue weighted by Crippen LogP contribution is 2.44. The molecule has 0 bridgehead atoms. The first-order chi connectivity index (χ1) is 10.5. The average Bonchev–Trinajstić information content (AvgIpc) is 2.51. The van der Waals surface area contributed by atoms with E-state index in [9.17, 15) is 15.2 Å². The minimum atomic E-state index is -0.505. The van der Waals surface area contributed by atoms with Gasteiger partial charge in [-0.2, -0.15) is 0 Å². The number of nitrogens with zero attached hydrogens (tertiary/aromatic N) is 2. The van der Waals surface area contributed by atoms with Crippen LogP contribution in [0.1, 0.15) is 12.0 Å². The molecule has 0 saturated carbocycles. The fourth-order valence-electron chi connectivity index (χ4n) is 2.56. The lowest BCUT2D eigenvalue weighted by atomic mass is 10.1. The molecule has 0 amide bonds. The molecular formula is C14H19BrN2O5. The number of nitro groups is 1. The second kappa shape index (κ2) is 7.75. The van der Waals surface area contributed by atoms with Crippen molar-refractivity contribution in [2.45, 2.75) is 12.8 Å². The van der Waals surface area contributed by atoms with E-state index in [1.165, 1.54) is 7.11 Å². The molecular weight excluding hydrogens is 356 g/mol. The lowest BCUT2D eigenvalue weighted by Gasteiger charge is -2.26. The first kappa shape index (κ1) is 17.0. The quantitative estimate of drug-likeness (QED) is 0.607. The highest BCUT2D eigenvalue weighted by atomic mass is 79.9. The number of hydrogen-bond acceptors (Lipinski definition) is 6. The summed E-state index contributed by atoms with van der Waals surface area (Å²) in [5, 5.41) is 21.2. The number of morpholine rings is 1. The molecule has 0 atom stereocenters. The molecule has 1 saturated heterocycles. The third-order valence-electron chi connectivity index (χ3n) is 3.67. The number of hydrogen-bond donors (Lipinski definition) is 1. The minimum absolute atomic E-state index is 0.0965. The fourth-order valence-corrected chi connectivity index (χ4v) is 3.01. The lowest BCUT2D eigenvalue weighted by molar-refractivity contribution is -0.386. The molecule has 1 N–H and O–H groups in total. The molecule has 0 unspecified atom stereocenters. The Morgan fingerprint density at radius 2 is 2.18 bits per heavy atom. The van der Waals surface area contributed by atoms with Gasteiger partial charge in [0.05, 0.1) is 29.7 Å². The van der Waals surface area contributed by atoms with Crippen molar-refractivity contribution in [2.24, 2.45) is 0 Å². The van der Waals surface area contributed by atoms with E-state index < -0.39 is 4.92 Å². The van der Waals surface area contributed by atoms with Crippen LogP contribution in [-0.2, 0) is 11.2 Å². The Bertz CT molecular complexity index is 547. The van der Waals surface area contributed by atoms with E-state index in [1.54, 1.807) is 6.07 Å². The molecule has 1 aromatic carbocycles. The predicted octanol–water partition coefficient (Wildman–Crippen LogP) is 2.34. The van der Waals surface area contributed by atoms with E-state index in [4.69, 9.17) is 9.47 Å². The molecule has 0 aliphatic carbocycles. The lowest BCUT2D eigenvalue weighted by Crippen LogP contribution is -2.36. The Hall–Kier alpha value is -1.38. The SMILES string of the molecule is COc1c(O)c(Br)cc(CCCN2CCOCC2)c1[N+](=O)[O-]. The van der Waals surface area contributed by atoms with Crippen molar-refractivity contribution in [1.29, 1.82) is 0 Å². The summed E-state index contributed by atoms with van der Waals surface area (Å²) in [5.41, 5.74) is 0.393. The van der Waals surface area contributed by atoms with Crippen LogP contribution in [0.3, 0.4) is 0 Å². The molecule has 0 radical (unpaired) electrons. The van der Waals surface area contributed by atoms with Crippen molar-refractivity contribution in [3.05, 3.63) is 26.2 Å². The molecule has 1 aliphatic rings. The van der Waals surface area contributed by atoms with Crippen molar-refractivity contribution in [3.8, 4) is 11.5 Å². The largest absolute Gasteiger partial charge is 0.503 e. The molecule has 0 aromatic heterocycles. The monoisotopic (exact) mass is 374 g/mol. The summed E-state index contributed by atoms with van der Waals surface area (Å²) in [4.78, 5) is 13.1. The number of methoxy groups -OCH3 is 1. The number of nitro benzene ring substituents is 1. The molecule has 1 aliphatic heterocycles. The first-order valence-electron chi connectivity index (χ1n) is 7.07. The van der Waals surface area contributed by atoms with E-state index >= 15 is 0 Å². The molecule has 22 heavy (non-hydrogen) atoms. The average molecular weight is 375 g/mol. The van der Waals surface area contributed by atoms with Crippen molar-refractivity contribution in [1.82, 2.24) is 4.90 Å². The Morgan fingerprint density at radius 1 is 1.50 bits per heavy atom. The van der Waals surface area contributed by atoms with E-state index in [1.807, 2.05) is 0 Å². The second-order valence-electron chi connectivity index (χ2n) is 5.06. The maximum atomic E-state index is 11.3. The fraction of sp³-hybridized carbons (Fsp3) is 0.571. The van der Waals surface area contributed by atoms with Gasteiger partial charge in [-0.25, -0.2) is 0 Å². The van der Waals surface area contributed by atoms with Gasteiger partial charge in [0, 0.05) is 18.7 Å². The van der Waals surface area contributed by atoms with Crippen LogP contribution in [0.4, 0.5) is 5.69 Å². The summed E-state index contributed by atoms with van der Waals surface area (Å²) < 4.78 is 10.7. The van der Waals surface area contributed by atoms with Crippen LogP contribution in [-0.4, -0.2) is 54.9 Å². The molecule has 7 nitrogen and oxygen atoms in total. The number of phenolic OH excluding ortho intramolecular Hbond substituents is 1. The smallest absolute Gasteiger partial charge is 0.318 e. The van der Waals surface area contributed by atoms with Crippen molar-refractivity contribution in [3.63, 3.8) is 0 Å². The van der Waals surface area contributed by atoms with Gasteiger partial charge in [-0.1, -0.05) is 0 Å². The highest BCUT2D eigenvalue weighted by molar-refractivity contribution is 9.10. The second-order valence-corrected chi connectivity index (χ2v) is 5.92. The van der Waals surface area contributed by atoms with E-state index in [2.05, 4.69) is 20.8 Å². The highest BCUT2D eigenvalue weighted by Gasteiger charge is 2.26. The number of benzene rings is 1. The molecule has 0 spiro atoms. The van der Waals surface area contributed by atoms with Gasteiger partial charge in [0.25, 0.3) is 0 Å². The van der Waals surface area contributed by atoms with Gasteiger partial charge in [-0.15, -0.1) is 0 Å². The summed E-state index contributed by atoms with van der Waals surface area (Å²) in [7, 11) is 1.31. The molecule has 122 valence electrons. The number of halogens is 1. The number of rotatable bonds is 6. The minimum Gasteiger partial charge on any atom is -0.503 e. The van der Waals surface area contributed by atoms with Crippen LogP contribution in [0.15, 0.2) is 10.5 Å². The summed E-state index contributed by atoms with van der Waals surface area (Å²) in [6, 6.07) is 1.59. The molecule has 1 fully saturated rings. The van der Waals surface area contributed by atoms with Gasteiger partial charge in [0.15, 0.2) is 5.75 Å². The zero-order valence-corrected chi connectivity index (χ0v) is 14.0. The van der Waals surface area contributed by atoms with Crippen LogP contribution in [0.2, 0.25) is 0 Å². The van der Waals surface area contributed by atoms with Crippen LogP contribution in [0.5, 0.6) is 11.5 Å². The maximum absolute atomic E-state index is 11.3. The van der Waals surface area contributed by atoms with Crippen molar-refractivity contribution < 1.29 is 19.5 Å². The predicted molar refractivity (Wildman–Crippen MR) is 84.6 cm³/mol. The van der Waals surface area contributed by atoms with Crippen molar-refractivity contribution in [2.75, 3.05) is 40.0 Å². The Labute approximate surface area is 137 Å². The van der Waals surface area contributed by atoms with Crippen LogP contribution < -0.4 is 4.74 Å². The summed E-state index contributed by atoms with van der Waals surface area (Å²) in [6.45, 7) is 4.12. The van der Waals surface area contributed by atoms with Gasteiger partial charge in [0.1, 0.15) is 0 Å². The standard InChI is InChI=1S/C14H19BrN2O5/c1-21-14-12(17(19)20)10(9-11(15)13(14)18)3-2-4-16-5-7-22-8-6-16/h9,18H,2-8H2,1H3. The zero-order valence-electron chi connectivity index (χ0n) is 12.4. The summed E-state index contributed by atoms with van der Waals surface area (Å²) in [6.07, 6.45) is 1.34. The van der Waals surface area contributed by atoms with E-state index in [0.717, 1.165) is 39.3 Å². The van der Waals surface area contributed by atoms with Gasteiger partial charge in [0.2, 0.25) is 5.75 Å². The Kier molecular flexibility index (Phi) is 5.98. The van der Waals surface area contributed by atoms with Gasteiger partial charge in [-0.05, 0) is 41.4 Å². The molecule has 1 aromatic rings. The van der Waals surface area contributed by atoms with Gasteiger partial charge >= 0.3 is 5.69 Å². The van der Waals surface area contributed by atoms with Crippen LogP contribution in [0.25, 0.3) is 0 Å². The van der Waals surface area contributed by atoms with Crippen LogP contribution >= 0.6 is 15.9 Å². The summed E-state index contributed by atoms with van der Waals surface area (Å²) in [5.74, 6) is -0.341. The number of aryl methyl sites for hydroxylation is 1. The van der Waals surface area contributed by atoms with Crippen LogP contribution in [0, 0.1) is 10.1 Å². The van der Waals surface area contributed by atoms with Gasteiger partial charge < -0.3 is 14.6 Å². The first-order valence-corrected chi connectivity index (χ1v) is 7.86. The number of phenols is 1. The third-order valence-corrected chi connectivity index (χ3v) is 4.28. The normalized spacial score (nSPS) is 15.7. The molecule has 8 heteroatoms. The third kappa shape index (κ3) is 3.88. The number of aromatic hydroxyl groups is 1.